The molecule has 0 radical (unpaired) electrons. The molecule has 1 aromatic heterocycles. The molecule has 1 aromatic carbocycles. The van der Waals surface area contributed by atoms with Crippen LogP contribution in [0.4, 0.5) is 4.39 Å². The minimum absolute atomic E-state index is 0. The van der Waals surface area contributed by atoms with Crippen molar-refractivity contribution < 1.29 is 9.18 Å². The maximum atomic E-state index is 13.3. The first-order valence-electron chi connectivity index (χ1n) is 9.42. The molecular formula is C20H26ClFN4O. The van der Waals surface area contributed by atoms with Crippen LogP contribution in [-0.2, 0) is 0 Å². The molecule has 1 N–H and O–H groups in total. The van der Waals surface area contributed by atoms with Gasteiger partial charge in [0.15, 0.2) is 0 Å². The zero-order valence-corrected chi connectivity index (χ0v) is 16.5. The Hall–Kier alpha value is -1.92. The summed E-state index contributed by atoms with van der Waals surface area (Å²) in [5.74, 6) is -0.102. The van der Waals surface area contributed by atoms with Gasteiger partial charge >= 0.3 is 0 Å². The highest BCUT2D eigenvalue weighted by Crippen LogP contribution is 2.26. The molecule has 2 unspecified atom stereocenters. The Kier molecular flexibility index (Phi) is 5.86. The molecule has 0 spiro atoms. The topological polar surface area (TPSA) is 50.2 Å². The summed E-state index contributed by atoms with van der Waals surface area (Å²) in [6, 6.07) is 7.17. The Morgan fingerprint density at radius 1 is 1.19 bits per heavy atom. The van der Waals surface area contributed by atoms with Crippen LogP contribution in [0.25, 0.3) is 5.69 Å². The molecule has 7 heteroatoms. The summed E-state index contributed by atoms with van der Waals surface area (Å²) in [5, 5.41) is 8.07. The molecule has 2 aliphatic rings. The fourth-order valence-corrected chi connectivity index (χ4v) is 4.16. The molecule has 2 aliphatic heterocycles. The molecule has 0 saturated carbocycles. The summed E-state index contributed by atoms with van der Waals surface area (Å²) >= 11 is 0. The summed E-state index contributed by atoms with van der Waals surface area (Å²) < 4.78 is 15.0. The zero-order chi connectivity index (χ0) is 18.3. The summed E-state index contributed by atoms with van der Waals surface area (Å²) in [4.78, 5) is 15.2. The van der Waals surface area contributed by atoms with E-state index in [1.165, 1.54) is 18.6 Å². The Balaban J connectivity index is 0.00000210. The highest BCUT2D eigenvalue weighted by Gasteiger charge is 2.33. The number of carbonyl (C=O) groups is 1. The Labute approximate surface area is 165 Å². The molecule has 2 aromatic rings. The maximum absolute atomic E-state index is 13.3. The number of hydrogen-bond donors (Lipinski definition) is 1. The first-order chi connectivity index (χ1) is 12.5. The number of nitrogens with one attached hydrogen (secondary N) is 1. The molecule has 3 heterocycles. The molecule has 0 aliphatic carbocycles. The van der Waals surface area contributed by atoms with Crippen molar-refractivity contribution >= 4 is 18.3 Å². The minimum Gasteiger partial charge on any atom is -0.337 e. The smallest absolute Gasteiger partial charge is 0.257 e. The van der Waals surface area contributed by atoms with Gasteiger partial charge in [-0.15, -0.1) is 12.4 Å². The van der Waals surface area contributed by atoms with Crippen LogP contribution < -0.4 is 5.32 Å². The van der Waals surface area contributed by atoms with Crippen molar-refractivity contribution in [1.82, 2.24) is 20.0 Å². The second-order valence-electron chi connectivity index (χ2n) is 7.66. The van der Waals surface area contributed by atoms with Gasteiger partial charge in [0.25, 0.3) is 5.91 Å². The number of halogens is 2. The van der Waals surface area contributed by atoms with Crippen molar-refractivity contribution in [2.24, 2.45) is 0 Å². The van der Waals surface area contributed by atoms with E-state index in [4.69, 9.17) is 0 Å². The third-order valence-electron chi connectivity index (χ3n) is 5.47. The number of nitrogens with zero attached hydrogens (tertiary/aromatic N) is 3. The zero-order valence-electron chi connectivity index (χ0n) is 15.7. The molecule has 5 nitrogen and oxygen atoms in total. The van der Waals surface area contributed by atoms with Crippen LogP contribution in [0.3, 0.4) is 0 Å². The second kappa shape index (κ2) is 7.98. The fraction of sp³-hybridized carbons (Fsp3) is 0.500. The molecule has 27 heavy (non-hydrogen) atoms. The molecule has 146 valence electrons. The van der Waals surface area contributed by atoms with Gasteiger partial charge in [0.1, 0.15) is 5.82 Å². The van der Waals surface area contributed by atoms with Gasteiger partial charge < -0.3 is 10.2 Å². The lowest BCUT2D eigenvalue weighted by molar-refractivity contribution is 0.0746. The number of benzene rings is 1. The monoisotopic (exact) mass is 392 g/mol. The molecular weight excluding hydrogens is 367 g/mol. The van der Waals surface area contributed by atoms with Gasteiger partial charge in [-0.05, 0) is 49.4 Å². The van der Waals surface area contributed by atoms with Crippen LogP contribution in [0.15, 0.2) is 30.5 Å². The fourth-order valence-electron chi connectivity index (χ4n) is 4.16. The lowest BCUT2D eigenvalue weighted by Gasteiger charge is -2.25. The van der Waals surface area contributed by atoms with E-state index in [9.17, 15) is 9.18 Å². The van der Waals surface area contributed by atoms with Crippen molar-refractivity contribution in [3.05, 3.63) is 47.5 Å². The van der Waals surface area contributed by atoms with E-state index in [-0.39, 0.29) is 30.0 Å². The predicted molar refractivity (Wildman–Crippen MR) is 105 cm³/mol. The SMILES string of the molecule is CC(C)c1c(C(=O)N2CCC3CCC(C2)N3)cnn1-c1ccc(F)cc1.Cl. The van der Waals surface area contributed by atoms with Crippen LogP contribution >= 0.6 is 12.4 Å². The summed E-state index contributed by atoms with van der Waals surface area (Å²) in [7, 11) is 0. The van der Waals surface area contributed by atoms with Gasteiger partial charge in [0.05, 0.1) is 23.1 Å². The maximum Gasteiger partial charge on any atom is 0.257 e. The lowest BCUT2D eigenvalue weighted by Crippen LogP contribution is -2.39. The van der Waals surface area contributed by atoms with Crippen molar-refractivity contribution in [2.75, 3.05) is 13.1 Å². The van der Waals surface area contributed by atoms with Crippen LogP contribution in [0.5, 0.6) is 0 Å². The van der Waals surface area contributed by atoms with Crippen molar-refractivity contribution in [1.29, 1.82) is 0 Å². The summed E-state index contributed by atoms with van der Waals surface area (Å²) in [6.07, 6.45) is 5.02. The average Bonchev–Trinajstić information content (AvgIpc) is 3.18. The van der Waals surface area contributed by atoms with Crippen LogP contribution in [-0.4, -0.2) is 45.8 Å². The molecule has 2 bridgehead atoms. The number of aromatic nitrogens is 2. The number of carbonyl (C=O) groups excluding carboxylic acids is 1. The Bertz CT molecular complexity index is 805. The average molecular weight is 393 g/mol. The molecule has 1 amide bonds. The minimum atomic E-state index is -0.282. The highest BCUT2D eigenvalue weighted by molar-refractivity contribution is 5.95. The number of amides is 1. The normalized spacial score (nSPS) is 21.9. The standard InChI is InChI=1S/C20H25FN4O.ClH/c1-13(2)19-18(11-22-25(19)17-7-3-14(21)4-8-17)20(26)24-10-9-15-5-6-16(12-24)23-15;/h3-4,7-8,11,13,15-16,23H,5-6,9-10,12H2,1-2H3;1H. The van der Waals surface area contributed by atoms with E-state index in [2.05, 4.69) is 24.3 Å². The van der Waals surface area contributed by atoms with Gasteiger partial charge in [-0.3, -0.25) is 4.79 Å². The number of hydrogen-bond acceptors (Lipinski definition) is 3. The molecule has 2 saturated heterocycles. The largest absolute Gasteiger partial charge is 0.337 e. The van der Waals surface area contributed by atoms with Gasteiger partial charge in [0, 0.05) is 25.2 Å². The van der Waals surface area contributed by atoms with E-state index in [0.29, 0.717) is 17.6 Å². The number of fused-ring (bicyclic) bond motifs is 2. The van der Waals surface area contributed by atoms with Crippen LogP contribution in [0.1, 0.15) is 55.1 Å². The van der Waals surface area contributed by atoms with Crippen molar-refractivity contribution in [3.8, 4) is 5.69 Å². The highest BCUT2D eigenvalue weighted by atomic mass is 35.5. The van der Waals surface area contributed by atoms with Gasteiger partial charge in [-0.1, -0.05) is 13.8 Å². The van der Waals surface area contributed by atoms with Crippen molar-refractivity contribution in [2.45, 2.75) is 51.1 Å². The second-order valence-corrected chi connectivity index (χ2v) is 7.66. The van der Waals surface area contributed by atoms with E-state index in [1.54, 1.807) is 23.0 Å². The van der Waals surface area contributed by atoms with E-state index in [0.717, 1.165) is 37.3 Å². The summed E-state index contributed by atoms with van der Waals surface area (Å²) in [5.41, 5.74) is 2.30. The first-order valence-corrected chi connectivity index (χ1v) is 9.42. The van der Waals surface area contributed by atoms with Crippen LogP contribution in [0, 0.1) is 5.82 Å². The van der Waals surface area contributed by atoms with Crippen molar-refractivity contribution in [3.63, 3.8) is 0 Å². The van der Waals surface area contributed by atoms with E-state index >= 15 is 0 Å². The number of likely N-dealkylation sites (tertiary alicyclic amines) is 1. The molecule has 2 fully saturated rings. The molecule has 2 atom stereocenters. The quantitative estimate of drug-likeness (QED) is 0.869. The van der Waals surface area contributed by atoms with Crippen LogP contribution in [0.2, 0.25) is 0 Å². The third-order valence-corrected chi connectivity index (χ3v) is 5.47. The van der Waals surface area contributed by atoms with E-state index in [1.807, 2.05) is 4.90 Å². The Morgan fingerprint density at radius 2 is 1.89 bits per heavy atom. The summed E-state index contributed by atoms with van der Waals surface area (Å²) in [6.45, 7) is 5.65. The van der Waals surface area contributed by atoms with Gasteiger partial charge in [-0.25, -0.2) is 9.07 Å². The Morgan fingerprint density at radius 3 is 2.59 bits per heavy atom. The first kappa shape index (κ1) is 19.8. The van der Waals surface area contributed by atoms with E-state index < -0.39 is 0 Å². The predicted octanol–water partition coefficient (Wildman–Crippen LogP) is 3.52. The van der Waals surface area contributed by atoms with Gasteiger partial charge in [-0.2, -0.15) is 5.10 Å². The van der Waals surface area contributed by atoms with Gasteiger partial charge in [0.2, 0.25) is 0 Å². The number of rotatable bonds is 3. The molecule has 4 rings (SSSR count). The lowest BCUT2D eigenvalue weighted by atomic mass is 10.0. The third kappa shape index (κ3) is 3.87.